The summed E-state index contributed by atoms with van der Waals surface area (Å²) in [6.07, 6.45) is 2.96. The number of aryl methyl sites for hydroxylation is 1. The minimum absolute atomic E-state index is 0.292. The van der Waals surface area contributed by atoms with E-state index in [9.17, 15) is 9.18 Å². The first kappa shape index (κ1) is 14.9. The van der Waals surface area contributed by atoms with Crippen molar-refractivity contribution in [3.8, 4) is 0 Å². The normalized spacial score (nSPS) is 11.8. The molecule has 5 nitrogen and oxygen atoms in total. The number of carbonyl (C=O) groups is 1. The summed E-state index contributed by atoms with van der Waals surface area (Å²) in [4.78, 5) is 16.1. The zero-order valence-electron chi connectivity index (χ0n) is 11.9. The summed E-state index contributed by atoms with van der Waals surface area (Å²) in [6.45, 7) is 3.48. The first-order valence-corrected chi connectivity index (χ1v) is 6.50. The van der Waals surface area contributed by atoms with E-state index < -0.39 is 0 Å². The van der Waals surface area contributed by atoms with Crippen molar-refractivity contribution in [2.75, 3.05) is 5.43 Å². The predicted octanol–water partition coefficient (Wildman–Crippen LogP) is 2.31. The molecule has 1 amide bonds. The Kier molecular flexibility index (Phi) is 4.49. The number of nitrogens with zero attached hydrogens (tertiary/aromatic N) is 1. The predicted molar refractivity (Wildman–Crippen MR) is 79.1 cm³/mol. The van der Waals surface area contributed by atoms with Gasteiger partial charge in [-0.25, -0.2) is 4.39 Å². The zero-order valence-corrected chi connectivity index (χ0v) is 11.9. The number of nitrogens with two attached hydrogens (primary N) is 1. The van der Waals surface area contributed by atoms with E-state index in [2.05, 4.69) is 15.7 Å². The molecule has 2 aromatic rings. The molecule has 0 spiro atoms. The largest absolute Gasteiger partial charge is 0.345 e. The van der Waals surface area contributed by atoms with Crippen LogP contribution in [0.1, 0.15) is 34.5 Å². The molecule has 0 radical (unpaired) electrons. The van der Waals surface area contributed by atoms with Gasteiger partial charge in [-0.2, -0.15) is 0 Å². The molecule has 110 valence electrons. The highest BCUT2D eigenvalue weighted by Crippen LogP contribution is 2.18. The monoisotopic (exact) mass is 288 g/mol. The number of hydrogen-bond donors (Lipinski definition) is 3. The van der Waals surface area contributed by atoms with E-state index in [0.29, 0.717) is 22.4 Å². The smallest absolute Gasteiger partial charge is 0.255 e. The van der Waals surface area contributed by atoms with Gasteiger partial charge in [-0.1, -0.05) is 12.1 Å². The van der Waals surface area contributed by atoms with Gasteiger partial charge in [0.2, 0.25) is 0 Å². The second-order valence-electron chi connectivity index (χ2n) is 4.77. The van der Waals surface area contributed by atoms with Gasteiger partial charge in [-0.05, 0) is 37.1 Å². The highest BCUT2D eigenvalue weighted by atomic mass is 19.1. The molecular formula is C15H17FN4O. The Labute approximate surface area is 122 Å². The highest BCUT2D eigenvalue weighted by molar-refractivity contribution is 5.99. The van der Waals surface area contributed by atoms with Crippen molar-refractivity contribution in [2.45, 2.75) is 19.9 Å². The lowest BCUT2D eigenvalue weighted by molar-refractivity contribution is 0.0940. The molecule has 1 unspecified atom stereocenters. The number of nitrogen functional groups attached to an aromatic ring is 1. The molecule has 0 aliphatic carbocycles. The number of pyridine rings is 1. The van der Waals surface area contributed by atoms with Crippen LogP contribution in [0.3, 0.4) is 0 Å². The molecule has 1 aromatic heterocycles. The van der Waals surface area contributed by atoms with Gasteiger partial charge in [0.15, 0.2) is 0 Å². The van der Waals surface area contributed by atoms with Crippen LogP contribution in [-0.4, -0.2) is 10.9 Å². The Hall–Kier alpha value is -2.47. The van der Waals surface area contributed by atoms with Crippen LogP contribution in [0.25, 0.3) is 0 Å². The molecule has 0 aliphatic heterocycles. The Morgan fingerprint density at radius 3 is 2.81 bits per heavy atom. The second-order valence-corrected chi connectivity index (χ2v) is 4.77. The van der Waals surface area contributed by atoms with Gasteiger partial charge >= 0.3 is 0 Å². The van der Waals surface area contributed by atoms with Crippen molar-refractivity contribution in [3.63, 3.8) is 0 Å². The minimum Gasteiger partial charge on any atom is -0.345 e. The first-order valence-electron chi connectivity index (χ1n) is 6.50. The Bertz CT molecular complexity index is 660. The number of hydrazine groups is 1. The van der Waals surface area contributed by atoms with Gasteiger partial charge in [0.25, 0.3) is 5.91 Å². The van der Waals surface area contributed by atoms with Crippen molar-refractivity contribution in [1.82, 2.24) is 10.3 Å². The quantitative estimate of drug-likeness (QED) is 0.596. The molecule has 0 fully saturated rings. The second kappa shape index (κ2) is 6.32. The molecule has 0 aliphatic rings. The van der Waals surface area contributed by atoms with Crippen molar-refractivity contribution < 1.29 is 9.18 Å². The zero-order chi connectivity index (χ0) is 15.4. The molecule has 21 heavy (non-hydrogen) atoms. The third-order valence-electron chi connectivity index (χ3n) is 3.26. The molecule has 1 aromatic carbocycles. The molecule has 1 atom stereocenters. The Morgan fingerprint density at radius 1 is 1.38 bits per heavy atom. The van der Waals surface area contributed by atoms with Gasteiger partial charge in [0.05, 0.1) is 17.3 Å². The number of amides is 1. The summed E-state index contributed by atoms with van der Waals surface area (Å²) in [5.74, 6) is 4.74. The molecular weight excluding hydrogens is 271 g/mol. The average Bonchev–Trinajstić information content (AvgIpc) is 2.49. The lowest BCUT2D eigenvalue weighted by Crippen LogP contribution is -2.28. The minimum atomic E-state index is -0.335. The number of rotatable bonds is 4. The molecule has 2 rings (SSSR count). The maximum absolute atomic E-state index is 13.6. The van der Waals surface area contributed by atoms with E-state index in [4.69, 9.17) is 5.84 Å². The summed E-state index contributed by atoms with van der Waals surface area (Å²) in [7, 11) is 0. The van der Waals surface area contributed by atoms with Gasteiger partial charge in [0.1, 0.15) is 5.82 Å². The Morgan fingerprint density at radius 2 is 2.14 bits per heavy atom. The standard InChI is InChI=1S/C15H17FN4O/c1-9-3-4-11(7-13(9)16)10(2)19-15(21)12-8-18-6-5-14(12)20-17/h3-8,10H,17H2,1-2H3,(H,18,20)(H,19,21). The van der Waals surface area contributed by atoms with Crippen molar-refractivity contribution in [2.24, 2.45) is 5.84 Å². The average molecular weight is 288 g/mol. The fourth-order valence-corrected chi connectivity index (χ4v) is 1.94. The fraction of sp³-hybridized carbons (Fsp3) is 0.200. The van der Waals surface area contributed by atoms with Crippen molar-refractivity contribution in [3.05, 3.63) is 59.2 Å². The number of hydrogen-bond acceptors (Lipinski definition) is 4. The molecule has 0 bridgehead atoms. The number of benzene rings is 1. The van der Waals surface area contributed by atoms with Gasteiger partial charge < -0.3 is 10.7 Å². The number of halogens is 1. The van der Waals surface area contributed by atoms with E-state index in [1.54, 1.807) is 32.0 Å². The summed E-state index contributed by atoms with van der Waals surface area (Å²) in [5.41, 5.74) is 4.52. The van der Waals surface area contributed by atoms with Crippen molar-refractivity contribution >= 4 is 11.6 Å². The molecule has 0 saturated heterocycles. The number of aromatic nitrogens is 1. The topological polar surface area (TPSA) is 80.0 Å². The van der Waals surface area contributed by atoms with Gasteiger partial charge in [-0.3, -0.25) is 15.6 Å². The molecule has 6 heteroatoms. The van der Waals surface area contributed by atoms with Crippen LogP contribution in [0.15, 0.2) is 36.7 Å². The number of anilines is 1. The van der Waals surface area contributed by atoms with E-state index in [1.807, 2.05) is 0 Å². The van der Waals surface area contributed by atoms with E-state index >= 15 is 0 Å². The van der Waals surface area contributed by atoms with Crippen LogP contribution < -0.4 is 16.6 Å². The number of nitrogens with one attached hydrogen (secondary N) is 2. The summed E-state index contributed by atoms with van der Waals surface area (Å²) < 4.78 is 13.6. The van der Waals surface area contributed by atoms with Crippen LogP contribution in [0, 0.1) is 12.7 Å². The van der Waals surface area contributed by atoms with Crippen LogP contribution in [0.2, 0.25) is 0 Å². The summed E-state index contributed by atoms with van der Waals surface area (Å²) in [5, 5.41) is 2.79. The summed E-state index contributed by atoms with van der Waals surface area (Å²) in [6, 6.07) is 6.16. The van der Waals surface area contributed by atoms with E-state index in [-0.39, 0.29) is 17.8 Å². The number of carbonyl (C=O) groups excluding carboxylic acids is 1. The highest BCUT2D eigenvalue weighted by Gasteiger charge is 2.15. The molecule has 1 heterocycles. The SMILES string of the molecule is Cc1ccc(C(C)NC(=O)c2cnccc2NN)cc1F. The first-order chi connectivity index (χ1) is 10.0. The fourth-order valence-electron chi connectivity index (χ4n) is 1.94. The van der Waals surface area contributed by atoms with E-state index in [1.165, 1.54) is 18.5 Å². The van der Waals surface area contributed by atoms with Gasteiger partial charge in [-0.15, -0.1) is 0 Å². The third-order valence-corrected chi connectivity index (χ3v) is 3.26. The third kappa shape index (κ3) is 3.35. The maximum atomic E-state index is 13.6. The molecule has 0 saturated carbocycles. The van der Waals surface area contributed by atoms with Crippen LogP contribution in [0.5, 0.6) is 0 Å². The lowest BCUT2D eigenvalue weighted by Gasteiger charge is -2.16. The van der Waals surface area contributed by atoms with Gasteiger partial charge in [0, 0.05) is 12.4 Å². The van der Waals surface area contributed by atoms with Crippen LogP contribution in [0.4, 0.5) is 10.1 Å². The lowest BCUT2D eigenvalue weighted by atomic mass is 10.1. The van der Waals surface area contributed by atoms with Crippen molar-refractivity contribution in [1.29, 1.82) is 0 Å². The van der Waals surface area contributed by atoms with Crippen LogP contribution in [-0.2, 0) is 0 Å². The van der Waals surface area contributed by atoms with Crippen LogP contribution >= 0.6 is 0 Å². The molecule has 4 N–H and O–H groups in total. The maximum Gasteiger partial charge on any atom is 0.255 e. The Balaban J connectivity index is 2.16. The van der Waals surface area contributed by atoms with E-state index in [0.717, 1.165) is 0 Å². The summed E-state index contributed by atoms with van der Waals surface area (Å²) >= 11 is 0.